The minimum absolute atomic E-state index is 0.0948. The van der Waals surface area contributed by atoms with Gasteiger partial charge in [-0.2, -0.15) is 0 Å². The van der Waals surface area contributed by atoms with E-state index in [4.69, 9.17) is 0 Å². The molecule has 4 heteroatoms. The summed E-state index contributed by atoms with van der Waals surface area (Å²) in [5.41, 5.74) is 3.00. The Bertz CT molecular complexity index is 596. The van der Waals surface area contributed by atoms with Crippen LogP contribution in [-0.2, 0) is 0 Å². The number of aryl methyl sites for hydroxylation is 1. The molecule has 110 valence electrons. The van der Waals surface area contributed by atoms with Gasteiger partial charge in [-0.1, -0.05) is 29.8 Å². The van der Waals surface area contributed by atoms with Crippen LogP contribution in [0.15, 0.2) is 48.8 Å². The van der Waals surface area contributed by atoms with Gasteiger partial charge in [0.25, 0.3) is 5.91 Å². The van der Waals surface area contributed by atoms with Crippen LogP contribution in [0.5, 0.6) is 0 Å². The van der Waals surface area contributed by atoms with Crippen LogP contribution in [0, 0.1) is 6.92 Å². The van der Waals surface area contributed by atoms with E-state index in [-0.39, 0.29) is 11.9 Å². The summed E-state index contributed by atoms with van der Waals surface area (Å²) in [5, 5.41) is 2.98. The highest BCUT2D eigenvalue weighted by Gasteiger charge is 2.16. The van der Waals surface area contributed by atoms with E-state index in [0.29, 0.717) is 12.1 Å². The second kappa shape index (κ2) is 6.99. The first kappa shape index (κ1) is 15.2. The quantitative estimate of drug-likeness (QED) is 0.916. The molecule has 0 bridgehead atoms. The second-order valence-electron chi connectivity index (χ2n) is 5.35. The number of aromatic nitrogens is 1. The van der Waals surface area contributed by atoms with E-state index < -0.39 is 0 Å². The molecule has 0 aliphatic heterocycles. The lowest BCUT2D eigenvalue weighted by atomic mass is 10.0. The van der Waals surface area contributed by atoms with Gasteiger partial charge in [-0.15, -0.1) is 0 Å². The summed E-state index contributed by atoms with van der Waals surface area (Å²) in [6.07, 6.45) is 3.23. The first-order chi connectivity index (χ1) is 10.1. The van der Waals surface area contributed by atoms with Crippen molar-refractivity contribution in [1.82, 2.24) is 15.2 Å². The average molecular weight is 283 g/mol. The van der Waals surface area contributed by atoms with E-state index >= 15 is 0 Å². The van der Waals surface area contributed by atoms with Gasteiger partial charge in [0.05, 0.1) is 11.6 Å². The summed E-state index contributed by atoms with van der Waals surface area (Å²) in [7, 11) is 4.03. The van der Waals surface area contributed by atoms with Crippen LogP contribution >= 0.6 is 0 Å². The number of hydrogen-bond acceptors (Lipinski definition) is 3. The maximum atomic E-state index is 12.1. The Labute approximate surface area is 125 Å². The SMILES string of the molecule is Cc1cccc([C@H](CNC(=O)c2cccnc2)N(C)C)c1. The number of nitrogens with one attached hydrogen (secondary N) is 1. The van der Waals surface area contributed by atoms with E-state index in [9.17, 15) is 4.79 Å². The van der Waals surface area contributed by atoms with Gasteiger partial charge in [0.2, 0.25) is 0 Å². The molecule has 0 aliphatic carbocycles. The lowest BCUT2D eigenvalue weighted by Crippen LogP contribution is -2.34. The normalized spacial score (nSPS) is 12.2. The summed E-state index contributed by atoms with van der Waals surface area (Å²) < 4.78 is 0. The van der Waals surface area contributed by atoms with Crippen LogP contribution in [-0.4, -0.2) is 36.4 Å². The molecule has 0 unspecified atom stereocenters. The van der Waals surface area contributed by atoms with Gasteiger partial charge in [0.15, 0.2) is 0 Å². The molecule has 0 radical (unpaired) electrons. The number of rotatable bonds is 5. The first-order valence-corrected chi connectivity index (χ1v) is 6.99. The first-order valence-electron chi connectivity index (χ1n) is 6.99. The standard InChI is InChI=1S/C17H21N3O/c1-13-6-4-7-14(10-13)16(20(2)3)12-19-17(21)15-8-5-9-18-11-15/h4-11,16H,12H2,1-3H3,(H,19,21)/t16-/m0/s1. The molecule has 2 aromatic rings. The molecule has 0 aliphatic rings. The molecular formula is C17H21N3O. The third kappa shape index (κ3) is 4.13. The average Bonchev–Trinajstić information content (AvgIpc) is 2.48. The number of hydrogen-bond donors (Lipinski definition) is 1. The molecule has 0 saturated carbocycles. The van der Waals surface area contributed by atoms with E-state index in [2.05, 4.69) is 40.3 Å². The van der Waals surface area contributed by atoms with Gasteiger partial charge >= 0.3 is 0 Å². The number of nitrogens with zero attached hydrogens (tertiary/aromatic N) is 2. The maximum absolute atomic E-state index is 12.1. The maximum Gasteiger partial charge on any atom is 0.252 e. The fourth-order valence-electron chi connectivity index (χ4n) is 2.26. The van der Waals surface area contributed by atoms with Gasteiger partial charge in [-0.05, 0) is 38.7 Å². The van der Waals surface area contributed by atoms with Crippen molar-refractivity contribution in [1.29, 1.82) is 0 Å². The Kier molecular flexibility index (Phi) is 5.06. The van der Waals surface area contributed by atoms with Crippen molar-refractivity contribution >= 4 is 5.91 Å². The summed E-state index contributed by atoms with van der Waals surface area (Å²) >= 11 is 0. The molecule has 1 aromatic heterocycles. The van der Waals surface area contributed by atoms with Crippen LogP contribution in [0.25, 0.3) is 0 Å². The molecule has 2 rings (SSSR count). The summed E-state index contributed by atoms with van der Waals surface area (Å²) in [5.74, 6) is -0.0948. The Balaban J connectivity index is 2.06. The lowest BCUT2D eigenvalue weighted by molar-refractivity contribution is 0.0941. The second-order valence-corrected chi connectivity index (χ2v) is 5.35. The molecule has 4 nitrogen and oxygen atoms in total. The zero-order valence-corrected chi connectivity index (χ0v) is 12.7. The van der Waals surface area contributed by atoms with E-state index in [1.165, 1.54) is 11.1 Å². The molecule has 21 heavy (non-hydrogen) atoms. The zero-order valence-electron chi connectivity index (χ0n) is 12.7. The minimum Gasteiger partial charge on any atom is -0.350 e. The fourth-order valence-corrected chi connectivity index (χ4v) is 2.26. The van der Waals surface area contributed by atoms with Gasteiger partial charge in [-0.25, -0.2) is 0 Å². The van der Waals surface area contributed by atoms with Crippen molar-refractivity contribution in [2.24, 2.45) is 0 Å². The number of carbonyl (C=O) groups is 1. The van der Waals surface area contributed by atoms with Crippen LogP contribution in [0.1, 0.15) is 27.5 Å². The van der Waals surface area contributed by atoms with Gasteiger partial charge in [-0.3, -0.25) is 9.78 Å². The van der Waals surface area contributed by atoms with Crippen molar-refractivity contribution in [2.45, 2.75) is 13.0 Å². The Morgan fingerprint density at radius 3 is 2.71 bits per heavy atom. The monoisotopic (exact) mass is 283 g/mol. The van der Waals surface area contributed by atoms with E-state index in [1.807, 2.05) is 20.2 Å². The summed E-state index contributed by atoms with van der Waals surface area (Å²) in [6.45, 7) is 2.63. The molecule has 1 N–H and O–H groups in total. The third-order valence-electron chi connectivity index (χ3n) is 3.43. The highest BCUT2D eigenvalue weighted by molar-refractivity contribution is 5.93. The number of benzene rings is 1. The Morgan fingerprint density at radius 1 is 1.29 bits per heavy atom. The smallest absolute Gasteiger partial charge is 0.252 e. The molecule has 0 fully saturated rings. The van der Waals surface area contributed by atoms with Crippen molar-refractivity contribution in [3.05, 3.63) is 65.5 Å². The number of likely N-dealkylation sites (N-methyl/N-ethyl adjacent to an activating group) is 1. The zero-order chi connectivity index (χ0) is 15.2. The van der Waals surface area contributed by atoms with Crippen molar-refractivity contribution in [3.8, 4) is 0 Å². The highest BCUT2D eigenvalue weighted by atomic mass is 16.1. The third-order valence-corrected chi connectivity index (χ3v) is 3.43. The van der Waals surface area contributed by atoms with Crippen molar-refractivity contribution < 1.29 is 4.79 Å². The molecule has 1 atom stereocenters. The van der Waals surface area contributed by atoms with Crippen molar-refractivity contribution in [2.75, 3.05) is 20.6 Å². The topological polar surface area (TPSA) is 45.2 Å². The van der Waals surface area contributed by atoms with Gasteiger partial charge in [0, 0.05) is 18.9 Å². The lowest BCUT2D eigenvalue weighted by Gasteiger charge is -2.25. The predicted molar refractivity (Wildman–Crippen MR) is 84.2 cm³/mol. The highest BCUT2D eigenvalue weighted by Crippen LogP contribution is 2.18. The largest absolute Gasteiger partial charge is 0.350 e. The van der Waals surface area contributed by atoms with Gasteiger partial charge < -0.3 is 10.2 Å². The minimum atomic E-state index is -0.0948. The fraction of sp³-hybridized carbons (Fsp3) is 0.294. The summed E-state index contributed by atoms with van der Waals surface area (Å²) in [6, 6.07) is 12.0. The van der Waals surface area contributed by atoms with Crippen LogP contribution in [0.4, 0.5) is 0 Å². The molecule has 0 saturated heterocycles. The van der Waals surface area contributed by atoms with Crippen molar-refractivity contribution in [3.63, 3.8) is 0 Å². The van der Waals surface area contributed by atoms with Gasteiger partial charge in [0.1, 0.15) is 0 Å². The Hall–Kier alpha value is -2.20. The van der Waals surface area contributed by atoms with Crippen LogP contribution in [0.2, 0.25) is 0 Å². The molecule has 0 spiro atoms. The van der Waals surface area contributed by atoms with E-state index in [1.54, 1.807) is 24.5 Å². The number of pyridine rings is 1. The molecule has 1 amide bonds. The molecule has 1 heterocycles. The molecular weight excluding hydrogens is 262 g/mol. The van der Waals surface area contributed by atoms with Crippen LogP contribution < -0.4 is 5.32 Å². The van der Waals surface area contributed by atoms with E-state index in [0.717, 1.165) is 0 Å². The number of amides is 1. The number of carbonyl (C=O) groups excluding carboxylic acids is 1. The predicted octanol–water partition coefficient (Wildman–Crippen LogP) is 2.42. The summed E-state index contributed by atoms with van der Waals surface area (Å²) in [4.78, 5) is 18.2. The molecule has 1 aromatic carbocycles. The Morgan fingerprint density at radius 2 is 2.10 bits per heavy atom. The van der Waals surface area contributed by atoms with Crippen LogP contribution in [0.3, 0.4) is 0 Å².